The van der Waals surface area contributed by atoms with Gasteiger partial charge in [-0.15, -0.1) is 0 Å². The van der Waals surface area contributed by atoms with Gasteiger partial charge in [-0.3, -0.25) is 0 Å². The topological polar surface area (TPSA) is 39.1 Å². The zero-order valence-electron chi connectivity index (χ0n) is 12.6. The highest BCUT2D eigenvalue weighted by Crippen LogP contribution is 2.26. The lowest BCUT2D eigenvalue weighted by atomic mass is 10.1. The van der Waals surface area contributed by atoms with E-state index in [1.54, 1.807) is 7.11 Å². The zero-order valence-corrected chi connectivity index (χ0v) is 12.6. The molecule has 0 aliphatic heterocycles. The molecule has 0 radical (unpaired) electrons. The maximum atomic E-state index is 5.38. The van der Waals surface area contributed by atoms with Crippen molar-refractivity contribution in [3.63, 3.8) is 0 Å². The molecule has 1 aromatic heterocycles. The summed E-state index contributed by atoms with van der Waals surface area (Å²) in [5.41, 5.74) is 1.07. The Morgan fingerprint density at radius 1 is 1.42 bits per heavy atom. The molecule has 1 aromatic rings. The first-order valence-corrected chi connectivity index (χ1v) is 7.42. The monoisotopic (exact) mass is 265 g/mol. The minimum absolute atomic E-state index is 0.343. The summed E-state index contributed by atoms with van der Waals surface area (Å²) in [5, 5.41) is 3.62. The first kappa shape index (κ1) is 14.4. The highest BCUT2D eigenvalue weighted by atomic mass is 16.5. The van der Waals surface area contributed by atoms with Crippen molar-refractivity contribution in [2.24, 2.45) is 5.92 Å². The number of anilines is 1. The van der Waals surface area contributed by atoms with Gasteiger partial charge in [0.15, 0.2) is 0 Å². The SMILES string of the molecule is COCC(C(C)C)n1cc(C)nc1NC1CCCC1. The number of nitrogens with zero attached hydrogens (tertiary/aromatic N) is 2. The molecule has 1 aliphatic carbocycles. The van der Waals surface area contributed by atoms with Crippen LogP contribution in [-0.2, 0) is 4.74 Å². The van der Waals surface area contributed by atoms with E-state index in [0.717, 1.165) is 18.2 Å². The average molecular weight is 265 g/mol. The molecule has 1 N–H and O–H groups in total. The maximum Gasteiger partial charge on any atom is 0.203 e. The quantitative estimate of drug-likeness (QED) is 0.857. The van der Waals surface area contributed by atoms with Crippen LogP contribution < -0.4 is 5.32 Å². The Kier molecular flexibility index (Phi) is 4.86. The van der Waals surface area contributed by atoms with Crippen LogP contribution in [0.3, 0.4) is 0 Å². The molecule has 19 heavy (non-hydrogen) atoms. The number of methoxy groups -OCH3 is 1. The number of imidazole rings is 1. The molecule has 2 rings (SSSR count). The maximum absolute atomic E-state index is 5.38. The number of nitrogens with one attached hydrogen (secondary N) is 1. The molecule has 0 spiro atoms. The van der Waals surface area contributed by atoms with Crippen molar-refractivity contribution in [1.82, 2.24) is 9.55 Å². The summed E-state index contributed by atoms with van der Waals surface area (Å²) in [6.07, 6.45) is 7.35. The van der Waals surface area contributed by atoms with Crippen LogP contribution >= 0.6 is 0 Å². The number of rotatable bonds is 6. The summed E-state index contributed by atoms with van der Waals surface area (Å²) >= 11 is 0. The van der Waals surface area contributed by atoms with Gasteiger partial charge < -0.3 is 14.6 Å². The van der Waals surface area contributed by atoms with Crippen LogP contribution in [0, 0.1) is 12.8 Å². The van der Waals surface area contributed by atoms with Crippen LogP contribution in [0.25, 0.3) is 0 Å². The average Bonchev–Trinajstić information content (AvgIpc) is 2.96. The second-order valence-corrected chi connectivity index (χ2v) is 6.01. The normalized spacial score (nSPS) is 18.2. The van der Waals surface area contributed by atoms with E-state index >= 15 is 0 Å². The third-order valence-electron chi connectivity index (χ3n) is 4.01. The number of aryl methyl sites for hydroxylation is 1. The van der Waals surface area contributed by atoms with E-state index in [1.807, 2.05) is 0 Å². The van der Waals surface area contributed by atoms with E-state index in [1.165, 1.54) is 25.7 Å². The third kappa shape index (κ3) is 3.50. The number of aromatic nitrogens is 2. The Balaban J connectivity index is 2.17. The molecular weight excluding hydrogens is 238 g/mol. The van der Waals surface area contributed by atoms with E-state index in [2.05, 4.69) is 41.8 Å². The van der Waals surface area contributed by atoms with Gasteiger partial charge in [0.2, 0.25) is 5.95 Å². The largest absolute Gasteiger partial charge is 0.383 e. The highest BCUT2D eigenvalue weighted by Gasteiger charge is 2.22. The lowest BCUT2D eigenvalue weighted by molar-refractivity contribution is 0.134. The molecule has 1 aliphatic rings. The van der Waals surface area contributed by atoms with Crippen molar-refractivity contribution >= 4 is 5.95 Å². The molecule has 0 amide bonds. The first-order valence-electron chi connectivity index (χ1n) is 7.42. The minimum Gasteiger partial charge on any atom is -0.383 e. The van der Waals surface area contributed by atoms with Gasteiger partial charge >= 0.3 is 0 Å². The third-order valence-corrected chi connectivity index (χ3v) is 4.01. The molecule has 4 nitrogen and oxygen atoms in total. The van der Waals surface area contributed by atoms with Gasteiger partial charge in [0.25, 0.3) is 0 Å². The van der Waals surface area contributed by atoms with Crippen LogP contribution in [0.1, 0.15) is 51.3 Å². The van der Waals surface area contributed by atoms with Crippen LogP contribution in [-0.4, -0.2) is 29.3 Å². The van der Waals surface area contributed by atoms with E-state index in [0.29, 0.717) is 18.0 Å². The van der Waals surface area contributed by atoms with E-state index in [4.69, 9.17) is 4.74 Å². The van der Waals surface area contributed by atoms with E-state index < -0.39 is 0 Å². The molecule has 1 fully saturated rings. The number of hydrogen-bond donors (Lipinski definition) is 1. The molecule has 0 bridgehead atoms. The summed E-state index contributed by atoms with van der Waals surface area (Å²) in [7, 11) is 1.77. The smallest absolute Gasteiger partial charge is 0.203 e. The Morgan fingerprint density at radius 3 is 2.68 bits per heavy atom. The van der Waals surface area contributed by atoms with E-state index in [9.17, 15) is 0 Å². The van der Waals surface area contributed by atoms with Crippen molar-refractivity contribution in [2.45, 2.75) is 58.5 Å². The highest BCUT2D eigenvalue weighted by molar-refractivity contribution is 5.31. The summed E-state index contributed by atoms with van der Waals surface area (Å²) in [4.78, 5) is 4.66. The van der Waals surface area contributed by atoms with Gasteiger partial charge in [0.1, 0.15) is 0 Å². The Hall–Kier alpha value is -1.03. The van der Waals surface area contributed by atoms with E-state index in [-0.39, 0.29) is 0 Å². The molecule has 0 saturated heterocycles. The van der Waals surface area contributed by atoms with Crippen LogP contribution in [0.5, 0.6) is 0 Å². The number of ether oxygens (including phenoxy) is 1. The molecule has 108 valence electrons. The predicted octanol–water partition coefficient (Wildman–Crippen LogP) is 3.39. The molecule has 0 aromatic carbocycles. The standard InChI is InChI=1S/C15H27N3O/c1-11(2)14(10-19-4)18-9-12(3)16-15(18)17-13-7-5-6-8-13/h9,11,13-14H,5-8,10H2,1-4H3,(H,16,17). The molecule has 4 heteroatoms. The summed E-state index contributed by atoms with van der Waals surface area (Å²) < 4.78 is 7.64. The molecule has 1 unspecified atom stereocenters. The summed E-state index contributed by atoms with van der Waals surface area (Å²) in [5.74, 6) is 1.54. The fraction of sp³-hybridized carbons (Fsp3) is 0.800. The second-order valence-electron chi connectivity index (χ2n) is 6.01. The first-order chi connectivity index (χ1) is 9.11. The lowest BCUT2D eigenvalue weighted by Crippen LogP contribution is -2.24. The Morgan fingerprint density at radius 2 is 2.11 bits per heavy atom. The van der Waals surface area contributed by atoms with Gasteiger partial charge in [-0.2, -0.15) is 0 Å². The van der Waals surface area contributed by atoms with Gasteiger partial charge in [-0.05, 0) is 25.7 Å². The fourth-order valence-corrected chi connectivity index (χ4v) is 2.89. The van der Waals surface area contributed by atoms with Crippen molar-refractivity contribution in [3.8, 4) is 0 Å². The van der Waals surface area contributed by atoms with Crippen LogP contribution in [0.4, 0.5) is 5.95 Å². The van der Waals surface area contributed by atoms with Crippen molar-refractivity contribution in [1.29, 1.82) is 0 Å². The zero-order chi connectivity index (χ0) is 13.8. The van der Waals surface area contributed by atoms with Gasteiger partial charge in [-0.25, -0.2) is 4.98 Å². The molecule has 1 heterocycles. The fourth-order valence-electron chi connectivity index (χ4n) is 2.89. The van der Waals surface area contributed by atoms with Gasteiger partial charge in [0, 0.05) is 19.3 Å². The van der Waals surface area contributed by atoms with Crippen molar-refractivity contribution < 1.29 is 4.74 Å². The Bertz CT molecular complexity index is 394. The predicted molar refractivity (Wildman–Crippen MR) is 78.6 cm³/mol. The Labute approximate surface area is 116 Å². The van der Waals surface area contributed by atoms with Crippen molar-refractivity contribution in [3.05, 3.63) is 11.9 Å². The molecule has 1 atom stereocenters. The minimum atomic E-state index is 0.343. The summed E-state index contributed by atoms with van der Waals surface area (Å²) in [6, 6.07) is 0.936. The number of hydrogen-bond acceptors (Lipinski definition) is 3. The molecule has 1 saturated carbocycles. The second kappa shape index (κ2) is 6.42. The van der Waals surface area contributed by atoms with Crippen molar-refractivity contribution in [2.75, 3.05) is 19.0 Å². The van der Waals surface area contributed by atoms with Crippen LogP contribution in [0.2, 0.25) is 0 Å². The molecular formula is C15H27N3O. The van der Waals surface area contributed by atoms with Gasteiger partial charge in [-0.1, -0.05) is 26.7 Å². The van der Waals surface area contributed by atoms with Gasteiger partial charge in [0.05, 0.1) is 18.3 Å². The lowest BCUT2D eigenvalue weighted by Gasteiger charge is -2.25. The van der Waals surface area contributed by atoms with Crippen LogP contribution in [0.15, 0.2) is 6.20 Å². The summed E-state index contributed by atoms with van der Waals surface area (Å²) in [6.45, 7) is 7.25.